The van der Waals surface area contributed by atoms with E-state index in [1.54, 1.807) is 16.8 Å². The average molecular weight is 388 g/mol. The van der Waals surface area contributed by atoms with E-state index in [-0.39, 0.29) is 30.0 Å². The molecule has 1 aromatic carbocycles. The Bertz CT molecular complexity index is 1060. The van der Waals surface area contributed by atoms with Crippen molar-refractivity contribution >= 4 is 34.2 Å². The zero-order valence-electron chi connectivity index (χ0n) is 15.8. The zero-order valence-corrected chi connectivity index (χ0v) is 16.5. The summed E-state index contributed by atoms with van der Waals surface area (Å²) in [7, 11) is 0. The van der Waals surface area contributed by atoms with Gasteiger partial charge in [-0.1, -0.05) is 17.7 Å². The van der Waals surface area contributed by atoms with Gasteiger partial charge in [0.05, 0.1) is 18.1 Å². The lowest BCUT2D eigenvalue weighted by molar-refractivity contribution is -0.116. The first-order valence-corrected chi connectivity index (χ1v) is 9.04. The van der Waals surface area contributed by atoms with Crippen molar-refractivity contribution in [1.29, 1.82) is 0 Å². The minimum Gasteiger partial charge on any atom is -0.326 e. The van der Waals surface area contributed by atoms with Crippen molar-refractivity contribution < 1.29 is 4.79 Å². The highest BCUT2D eigenvalue weighted by molar-refractivity contribution is 6.31. The van der Waals surface area contributed by atoms with E-state index in [0.29, 0.717) is 21.7 Å². The summed E-state index contributed by atoms with van der Waals surface area (Å²) >= 11 is 5.97. The molecule has 0 spiro atoms. The highest BCUT2D eigenvalue weighted by Crippen LogP contribution is 2.20. The van der Waals surface area contributed by atoms with Gasteiger partial charge >= 0.3 is 0 Å². The molecule has 1 amide bonds. The maximum atomic E-state index is 12.7. The van der Waals surface area contributed by atoms with Gasteiger partial charge < -0.3 is 5.32 Å². The highest BCUT2D eigenvalue weighted by Gasteiger charge is 2.19. The largest absolute Gasteiger partial charge is 0.326 e. The number of benzene rings is 1. The SMILES string of the molecule is Cc1ccc(Cl)cc1NC(=O)CCn1cnc2c(cnn2C(C)(C)C)c1=O. The molecule has 0 unspecified atom stereocenters. The van der Waals surface area contributed by atoms with Gasteiger partial charge in [-0.25, -0.2) is 9.67 Å². The highest BCUT2D eigenvalue weighted by atomic mass is 35.5. The summed E-state index contributed by atoms with van der Waals surface area (Å²) in [5, 5.41) is 8.11. The van der Waals surface area contributed by atoms with Crippen LogP contribution in [-0.4, -0.2) is 25.2 Å². The Morgan fingerprint density at radius 1 is 1.30 bits per heavy atom. The molecule has 0 saturated carbocycles. The predicted octanol–water partition coefficient (Wildman–Crippen LogP) is 3.34. The quantitative estimate of drug-likeness (QED) is 0.744. The average Bonchev–Trinajstić information content (AvgIpc) is 3.03. The van der Waals surface area contributed by atoms with Gasteiger partial charge in [-0.3, -0.25) is 14.2 Å². The van der Waals surface area contributed by atoms with Crippen LogP contribution in [0.1, 0.15) is 32.8 Å². The van der Waals surface area contributed by atoms with Gasteiger partial charge in [0.1, 0.15) is 5.39 Å². The van der Waals surface area contributed by atoms with Crippen LogP contribution in [-0.2, 0) is 16.9 Å². The molecule has 0 fully saturated rings. The van der Waals surface area contributed by atoms with E-state index in [2.05, 4.69) is 15.4 Å². The maximum Gasteiger partial charge on any atom is 0.264 e. The van der Waals surface area contributed by atoms with Crippen LogP contribution in [0.4, 0.5) is 5.69 Å². The maximum absolute atomic E-state index is 12.7. The van der Waals surface area contributed by atoms with Crippen molar-refractivity contribution in [3.8, 4) is 0 Å². The summed E-state index contributed by atoms with van der Waals surface area (Å²) in [6.45, 7) is 8.10. The number of rotatable bonds is 4. The number of amides is 1. The molecule has 27 heavy (non-hydrogen) atoms. The number of hydrogen-bond donors (Lipinski definition) is 1. The van der Waals surface area contributed by atoms with Crippen molar-refractivity contribution in [3.63, 3.8) is 0 Å². The third-order valence-corrected chi connectivity index (χ3v) is 4.48. The Morgan fingerprint density at radius 3 is 2.74 bits per heavy atom. The Balaban J connectivity index is 1.75. The molecule has 0 aliphatic carbocycles. The van der Waals surface area contributed by atoms with Crippen molar-refractivity contribution in [1.82, 2.24) is 19.3 Å². The van der Waals surface area contributed by atoms with Crippen LogP contribution < -0.4 is 10.9 Å². The number of aromatic nitrogens is 4. The summed E-state index contributed by atoms with van der Waals surface area (Å²) in [4.78, 5) is 29.3. The summed E-state index contributed by atoms with van der Waals surface area (Å²) < 4.78 is 3.16. The molecule has 3 rings (SSSR count). The van der Waals surface area contributed by atoms with Crippen LogP contribution in [0.5, 0.6) is 0 Å². The van der Waals surface area contributed by atoms with Crippen LogP contribution >= 0.6 is 11.6 Å². The summed E-state index contributed by atoms with van der Waals surface area (Å²) in [5.41, 5.74) is 1.65. The summed E-state index contributed by atoms with van der Waals surface area (Å²) in [6, 6.07) is 5.31. The molecule has 0 saturated heterocycles. The van der Waals surface area contributed by atoms with Crippen molar-refractivity contribution in [2.45, 2.75) is 46.2 Å². The first-order valence-electron chi connectivity index (χ1n) is 8.66. The Hall–Kier alpha value is -2.67. The van der Waals surface area contributed by atoms with E-state index < -0.39 is 0 Å². The van der Waals surface area contributed by atoms with Crippen molar-refractivity contribution in [2.75, 3.05) is 5.32 Å². The van der Waals surface area contributed by atoms with E-state index >= 15 is 0 Å². The first-order chi connectivity index (χ1) is 12.7. The number of aryl methyl sites for hydroxylation is 2. The van der Waals surface area contributed by atoms with Gasteiger partial charge in [-0.2, -0.15) is 5.10 Å². The number of hydrogen-bond acceptors (Lipinski definition) is 4. The van der Waals surface area contributed by atoms with Gasteiger partial charge in [0, 0.05) is 23.7 Å². The van der Waals surface area contributed by atoms with Crippen molar-refractivity contribution in [2.24, 2.45) is 0 Å². The third-order valence-electron chi connectivity index (χ3n) is 4.24. The van der Waals surface area contributed by atoms with Crippen LogP contribution in [0, 0.1) is 6.92 Å². The molecule has 0 aliphatic heterocycles. The lowest BCUT2D eigenvalue weighted by Gasteiger charge is -2.19. The number of nitrogens with zero attached hydrogens (tertiary/aromatic N) is 4. The molecule has 142 valence electrons. The molecular formula is C19H22ClN5O2. The topological polar surface area (TPSA) is 81.8 Å². The molecule has 7 nitrogen and oxygen atoms in total. The molecule has 3 aromatic rings. The second-order valence-corrected chi connectivity index (χ2v) is 7.90. The second kappa shape index (κ2) is 7.15. The fraction of sp³-hybridized carbons (Fsp3) is 0.368. The van der Waals surface area contributed by atoms with Gasteiger partial charge in [0.25, 0.3) is 5.56 Å². The molecular weight excluding hydrogens is 366 g/mol. The normalized spacial score (nSPS) is 11.7. The van der Waals surface area contributed by atoms with Gasteiger partial charge in [-0.05, 0) is 45.4 Å². The van der Waals surface area contributed by atoms with E-state index in [9.17, 15) is 9.59 Å². The number of anilines is 1. The number of halogens is 1. The fourth-order valence-electron chi connectivity index (χ4n) is 2.76. The molecule has 0 bridgehead atoms. The molecule has 0 radical (unpaired) electrons. The van der Waals surface area contributed by atoms with Crippen LogP contribution in [0.2, 0.25) is 5.02 Å². The Morgan fingerprint density at radius 2 is 2.04 bits per heavy atom. The lowest BCUT2D eigenvalue weighted by Crippen LogP contribution is -2.26. The van der Waals surface area contributed by atoms with E-state index in [4.69, 9.17) is 11.6 Å². The van der Waals surface area contributed by atoms with E-state index in [1.807, 2.05) is 33.8 Å². The summed E-state index contributed by atoms with van der Waals surface area (Å²) in [5.74, 6) is -0.197. The molecule has 0 aliphatic rings. The molecule has 0 atom stereocenters. The predicted molar refractivity (Wildman–Crippen MR) is 106 cm³/mol. The third kappa shape index (κ3) is 4.03. The molecule has 2 heterocycles. The minimum absolute atomic E-state index is 0.145. The number of nitrogens with one attached hydrogen (secondary N) is 1. The number of carbonyl (C=O) groups excluding carboxylic acids is 1. The van der Waals surface area contributed by atoms with Gasteiger partial charge in [0.2, 0.25) is 5.91 Å². The van der Waals surface area contributed by atoms with E-state index in [1.165, 1.54) is 17.1 Å². The van der Waals surface area contributed by atoms with Crippen LogP contribution in [0.3, 0.4) is 0 Å². The Labute approximate surface area is 162 Å². The van der Waals surface area contributed by atoms with Crippen LogP contribution in [0.25, 0.3) is 11.0 Å². The lowest BCUT2D eigenvalue weighted by atomic mass is 10.1. The van der Waals surface area contributed by atoms with Gasteiger partial charge in [-0.15, -0.1) is 0 Å². The standard InChI is InChI=1S/C19H22ClN5O2/c1-12-5-6-13(20)9-15(12)23-16(26)7-8-24-11-21-17-14(18(24)27)10-22-25(17)19(2,3)4/h5-6,9-11H,7-8H2,1-4H3,(H,23,26). The first kappa shape index (κ1) is 19.1. The second-order valence-electron chi connectivity index (χ2n) is 7.47. The van der Waals surface area contributed by atoms with Crippen LogP contribution in [0.15, 0.2) is 35.5 Å². The Kier molecular flexibility index (Phi) is 5.06. The molecule has 1 N–H and O–H groups in total. The smallest absolute Gasteiger partial charge is 0.264 e. The minimum atomic E-state index is -0.276. The molecule has 2 aromatic heterocycles. The van der Waals surface area contributed by atoms with E-state index in [0.717, 1.165) is 5.56 Å². The zero-order chi connectivity index (χ0) is 19.8. The monoisotopic (exact) mass is 387 g/mol. The molecule has 8 heteroatoms. The number of carbonyl (C=O) groups is 1. The number of fused-ring (bicyclic) bond motifs is 1. The van der Waals surface area contributed by atoms with Crippen molar-refractivity contribution in [3.05, 3.63) is 51.7 Å². The summed E-state index contributed by atoms with van der Waals surface area (Å²) in [6.07, 6.45) is 3.14. The van der Waals surface area contributed by atoms with Gasteiger partial charge in [0.15, 0.2) is 5.65 Å². The fourth-order valence-corrected chi connectivity index (χ4v) is 2.93.